The molecule has 3 rings (SSSR count). The highest BCUT2D eigenvalue weighted by atomic mass is 16.6. The van der Waals surface area contributed by atoms with E-state index in [1.807, 2.05) is 0 Å². The molecule has 0 aliphatic carbocycles. The number of benzene rings is 2. The second-order valence-electron chi connectivity index (χ2n) is 7.28. The fourth-order valence-corrected chi connectivity index (χ4v) is 3.31. The average Bonchev–Trinajstić information content (AvgIpc) is 3.19. The van der Waals surface area contributed by atoms with Gasteiger partial charge in [-0.1, -0.05) is 48.2 Å². The number of nitrogens with one attached hydrogen (secondary N) is 1. The summed E-state index contributed by atoms with van der Waals surface area (Å²) in [7, 11) is 0. The summed E-state index contributed by atoms with van der Waals surface area (Å²) >= 11 is 0. The Labute approximate surface area is 206 Å². The third-order valence-electron chi connectivity index (χ3n) is 4.82. The number of fused-ring (bicyclic) bond motifs is 3. The van der Waals surface area contributed by atoms with E-state index in [4.69, 9.17) is 5.11 Å². The number of para-hydroxylation sites is 2. The van der Waals surface area contributed by atoms with Crippen LogP contribution in [0.3, 0.4) is 0 Å². The smallest absolute Gasteiger partial charge is 0.407 e. The zero-order chi connectivity index (χ0) is 25.3. The average molecular weight is 477 g/mol. The van der Waals surface area contributed by atoms with Gasteiger partial charge in [0.05, 0.1) is 19.8 Å². The lowest BCUT2D eigenvalue weighted by Crippen LogP contribution is -2.31. The zero-order valence-electron chi connectivity index (χ0n) is 20.3. The Hall–Kier alpha value is -3.94. The summed E-state index contributed by atoms with van der Waals surface area (Å²) in [6.45, 7) is 4.71. The fraction of sp³-hybridized carbons (Fsp3) is 0.357. The summed E-state index contributed by atoms with van der Waals surface area (Å²) in [6, 6.07) is 16.9. The molecule has 35 heavy (non-hydrogen) atoms. The van der Waals surface area contributed by atoms with Crippen molar-refractivity contribution < 1.29 is 24.2 Å². The number of ether oxygens (including phenoxy) is 2. The third-order valence-corrected chi connectivity index (χ3v) is 4.82. The molecule has 0 saturated heterocycles. The third kappa shape index (κ3) is 9.08. The molecule has 2 aromatic carbocycles. The van der Waals surface area contributed by atoms with Gasteiger partial charge in [0.1, 0.15) is 6.54 Å². The SMILES string of the molecule is CCOC(=O)CNC(=O)OCC.OCCCCC#CC#CCn1c2ccccc2c2ccccc21. The van der Waals surface area contributed by atoms with Gasteiger partial charge < -0.3 is 24.5 Å². The van der Waals surface area contributed by atoms with Crippen molar-refractivity contribution >= 4 is 33.9 Å². The van der Waals surface area contributed by atoms with E-state index < -0.39 is 12.1 Å². The number of aliphatic hydroxyl groups is 1. The Morgan fingerprint density at radius 3 is 2.09 bits per heavy atom. The maximum absolute atomic E-state index is 10.7. The van der Waals surface area contributed by atoms with Gasteiger partial charge >= 0.3 is 12.1 Å². The molecule has 1 amide bonds. The van der Waals surface area contributed by atoms with E-state index in [2.05, 4.69) is 91.6 Å². The second-order valence-corrected chi connectivity index (χ2v) is 7.28. The van der Waals surface area contributed by atoms with Crippen LogP contribution < -0.4 is 5.32 Å². The highest BCUT2D eigenvalue weighted by molar-refractivity contribution is 6.08. The van der Waals surface area contributed by atoms with Crippen molar-refractivity contribution in [3.8, 4) is 23.7 Å². The number of unbranched alkanes of at least 4 members (excludes halogenated alkanes) is 2. The number of aliphatic hydroxyl groups excluding tert-OH is 1. The molecule has 7 heteroatoms. The summed E-state index contributed by atoms with van der Waals surface area (Å²) in [6.07, 6.45) is 1.93. The zero-order valence-corrected chi connectivity index (χ0v) is 20.3. The number of aromatic nitrogens is 1. The van der Waals surface area contributed by atoms with E-state index in [-0.39, 0.29) is 19.8 Å². The van der Waals surface area contributed by atoms with Crippen molar-refractivity contribution in [2.45, 2.75) is 39.7 Å². The number of carbonyl (C=O) groups is 2. The van der Waals surface area contributed by atoms with Crippen molar-refractivity contribution in [1.82, 2.24) is 9.88 Å². The Bertz CT molecular complexity index is 1150. The van der Waals surface area contributed by atoms with Gasteiger partial charge in [0.25, 0.3) is 0 Å². The summed E-state index contributed by atoms with van der Waals surface area (Å²) < 4.78 is 11.3. The number of hydrogen-bond donors (Lipinski definition) is 2. The lowest BCUT2D eigenvalue weighted by atomic mass is 10.2. The molecule has 1 aromatic heterocycles. The normalized spacial score (nSPS) is 9.69. The maximum Gasteiger partial charge on any atom is 0.407 e. The van der Waals surface area contributed by atoms with Crippen LogP contribution in [0.25, 0.3) is 21.8 Å². The molecule has 0 unspecified atom stereocenters. The maximum atomic E-state index is 10.7. The first kappa shape index (κ1) is 27.3. The van der Waals surface area contributed by atoms with E-state index in [0.717, 1.165) is 19.3 Å². The van der Waals surface area contributed by atoms with Crippen LogP contribution >= 0.6 is 0 Å². The molecular formula is C28H32N2O5. The van der Waals surface area contributed by atoms with Gasteiger partial charge in [-0.15, -0.1) is 0 Å². The van der Waals surface area contributed by atoms with Crippen LogP contribution in [0.1, 0.15) is 33.1 Å². The number of alkyl carbamates (subject to hydrolysis) is 1. The minimum atomic E-state index is -0.606. The Balaban J connectivity index is 0.000000307. The predicted octanol–water partition coefficient (Wildman–Crippen LogP) is 4.26. The highest BCUT2D eigenvalue weighted by Gasteiger charge is 2.08. The molecule has 0 aliphatic rings. The quantitative estimate of drug-likeness (QED) is 0.288. The summed E-state index contributed by atoms with van der Waals surface area (Å²) in [5.41, 5.74) is 2.41. The molecule has 0 bridgehead atoms. The van der Waals surface area contributed by atoms with Crippen molar-refractivity contribution in [3.63, 3.8) is 0 Å². The second kappa shape index (κ2) is 15.8. The molecule has 0 aliphatic heterocycles. The van der Waals surface area contributed by atoms with E-state index in [1.165, 1.54) is 21.8 Å². The number of rotatable bonds is 8. The summed E-state index contributed by atoms with van der Waals surface area (Å²) in [5, 5.41) is 13.5. The van der Waals surface area contributed by atoms with Gasteiger partial charge in [-0.05, 0) is 50.7 Å². The predicted molar refractivity (Wildman–Crippen MR) is 138 cm³/mol. The van der Waals surface area contributed by atoms with Crippen LogP contribution in [0.4, 0.5) is 4.79 Å². The number of hydrogen-bond acceptors (Lipinski definition) is 5. The molecule has 0 radical (unpaired) electrons. The van der Waals surface area contributed by atoms with Gasteiger partial charge in [0, 0.05) is 34.8 Å². The lowest BCUT2D eigenvalue weighted by molar-refractivity contribution is -0.141. The minimum Gasteiger partial charge on any atom is -0.465 e. The molecule has 7 nitrogen and oxygen atoms in total. The monoisotopic (exact) mass is 476 g/mol. The first-order chi connectivity index (χ1) is 17.1. The van der Waals surface area contributed by atoms with Crippen LogP contribution in [0.2, 0.25) is 0 Å². The van der Waals surface area contributed by atoms with E-state index in [0.29, 0.717) is 13.2 Å². The van der Waals surface area contributed by atoms with E-state index in [9.17, 15) is 9.59 Å². The van der Waals surface area contributed by atoms with Crippen LogP contribution in [-0.4, -0.2) is 48.1 Å². The molecule has 0 saturated carbocycles. The number of nitrogens with zero attached hydrogens (tertiary/aromatic N) is 1. The number of amides is 1. The highest BCUT2D eigenvalue weighted by Crippen LogP contribution is 2.28. The molecule has 2 N–H and O–H groups in total. The Kier molecular flexibility index (Phi) is 12.3. The van der Waals surface area contributed by atoms with E-state index >= 15 is 0 Å². The Morgan fingerprint density at radius 1 is 0.886 bits per heavy atom. The summed E-state index contributed by atoms with van der Waals surface area (Å²) in [5.74, 6) is 11.5. The first-order valence-electron chi connectivity index (χ1n) is 11.7. The lowest BCUT2D eigenvalue weighted by Gasteiger charge is -2.03. The Morgan fingerprint density at radius 2 is 1.49 bits per heavy atom. The van der Waals surface area contributed by atoms with Crippen LogP contribution in [0.5, 0.6) is 0 Å². The van der Waals surface area contributed by atoms with Crippen molar-refractivity contribution in [1.29, 1.82) is 0 Å². The van der Waals surface area contributed by atoms with Crippen LogP contribution in [0, 0.1) is 23.7 Å². The molecular weight excluding hydrogens is 444 g/mol. The first-order valence-corrected chi connectivity index (χ1v) is 11.7. The number of esters is 1. The van der Waals surface area contributed by atoms with Crippen LogP contribution in [-0.2, 0) is 20.8 Å². The molecule has 184 valence electrons. The van der Waals surface area contributed by atoms with Crippen molar-refractivity contribution in [2.75, 3.05) is 26.4 Å². The minimum absolute atomic E-state index is 0.146. The van der Waals surface area contributed by atoms with Crippen molar-refractivity contribution in [2.24, 2.45) is 0 Å². The topological polar surface area (TPSA) is 89.8 Å². The van der Waals surface area contributed by atoms with Gasteiger partial charge in [-0.3, -0.25) is 4.79 Å². The molecule has 0 atom stereocenters. The fourth-order valence-electron chi connectivity index (χ4n) is 3.31. The molecule has 0 fully saturated rings. The van der Waals surface area contributed by atoms with E-state index in [1.54, 1.807) is 13.8 Å². The standard InChI is InChI=1S/C21H19NO.C7H13NO4/c23-17-11-5-3-1-2-4-10-16-22-20-14-8-6-12-18(20)19-13-7-9-15-21(19)22;1-3-11-6(9)5-8-7(10)12-4-2/h6-9,12-15,23H,3,5,11,16-17H2;3-5H2,1-2H3,(H,8,10). The van der Waals surface area contributed by atoms with Crippen LogP contribution in [0.15, 0.2) is 48.5 Å². The molecule has 3 aromatic rings. The molecule has 0 spiro atoms. The largest absolute Gasteiger partial charge is 0.465 e. The molecule has 1 heterocycles. The summed E-state index contributed by atoms with van der Waals surface area (Å²) in [4.78, 5) is 21.3. The van der Waals surface area contributed by atoms with Gasteiger partial charge in [0.2, 0.25) is 0 Å². The van der Waals surface area contributed by atoms with Crippen molar-refractivity contribution in [3.05, 3.63) is 48.5 Å². The van der Waals surface area contributed by atoms with Gasteiger partial charge in [-0.25, -0.2) is 4.79 Å². The van der Waals surface area contributed by atoms with Gasteiger partial charge in [-0.2, -0.15) is 0 Å². The van der Waals surface area contributed by atoms with Gasteiger partial charge in [0.15, 0.2) is 0 Å². The number of carbonyl (C=O) groups excluding carboxylic acids is 2.